The van der Waals surface area contributed by atoms with Crippen LogP contribution < -0.4 is 10.1 Å². The maximum absolute atomic E-state index is 12.8. The summed E-state index contributed by atoms with van der Waals surface area (Å²) in [6.45, 7) is 6.22. The van der Waals surface area contributed by atoms with Crippen molar-refractivity contribution in [3.8, 4) is 5.75 Å². The van der Waals surface area contributed by atoms with Crippen LogP contribution in [-0.4, -0.2) is 42.5 Å². The second-order valence-corrected chi connectivity index (χ2v) is 8.70. The molecule has 2 aromatic carbocycles. The smallest absolute Gasteiger partial charge is 0.253 e. The minimum atomic E-state index is -0.00936. The second kappa shape index (κ2) is 8.90. The van der Waals surface area contributed by atoms with Crippen molar-refractivity contribution in [1.29, 1.82) is 0 Å². The molecule has 2 fully saturated rings. The van der Waals surface area contributed by atoms with Crippen LogP contribution >= 0.6 is 0 Å². The van der Waals surface area contributed by atoms with Gasteiger partial charge in [-0.1, -0.05) is 17.2 Å². The van der Waals surface area contributed by atoms with Gasteiger partial charge in [0.05, 0.1) is 6.61 Å². The van der Waals surface area contributed by atoms with Crippen LogP contribution in [0.4, 0.5) is 0 Å². The van der Waals surface area contributed by atoms with Crippen LogP contribution in [-0.2, 0) is 0 Å². The molecular weight excluding hydrogens is 376 g/mol. The molecule has 158 valence electrons. The van der Waals surface area contributed by atoms with E-state index in [-0.39, 0.29) is 11.8 Å². The predicted molar refractivity (Wildman–Crippen MR) is 117 cm³/mol. The van der Waals surface area contributed by atoms with E-state index < -0.39 is 0 Å². The third kappa shape index (κ3) is 5.21. The molecule has 30 heavy (non-hydrogen) atoms. The summed E-state index contributed by atoms with van der Waals surface area (Å²) >= 11 is 0. The van der Waals surface area contributed by atoms with Gasteiger partial charge < -0.3 is 15.0 Å². The SMILES string of the molecule is Cc1cc(C)cc(C(=O)N2CCC(COc3ccc(C(=O)NC4CC4)cc3)CC2)c1. The normalized spacial score (nSPS) is 16.9. The molecule has 1 saturated carbocycles. The minimum absolute atomic E-state index is 0.00936. The highest BCUT2D eigenvalue weighted by molar-refractivity contribution is 5.95. The van der Waals surface area contributed by atoms with Crippen molar-refractivity contribution in [2.45, 2.75) is 45.6 Å². The van der Waals surface area contributed by atoms with Gasteiger partial charge in [-0.25, -0.2) is 0 Å². The standard InChI is InChI=1S/C25H30N2O3/c1-17-13-18(2)15-21(14-17)25(29)27-11-9-19(10-12-27)16-30-23-7-3-20(4-8-23)24(28)26-22-5-6-22/h3-4,7-8,13-15,19,22H,5-6,9-12,16H2,1-2H3,(H,26,28). The van der Waals surface area contributed by atoms with Gasteiger partial charge in [0, 0.05) is 30.3 Å². The van der Waals surface area contributed by atoms with E-state index in [0.29, 0.717) is 24.1 Å². The number of likely N-dealkylation sites (tertiary alicyclic amines) is 1. The number of ether oxygens (including phenoxy) is 1. The number of rotatable bonds is 6. The molecule has 0 atom stereocenters. The van der Waals surface area contributed by atoms with Crippen molar-refractivity contribution in [2.24, 2.45) is 5.92 Å². The Labute approximate surface area is 178 Å². The number of amides is 2. The number of benzene rings is 2. The fourth-order valence-corrected chi connectivity index (χ4v) is 4.00. The molecule has 1 N–H and O–H groups in total. The lowest BCUT2D eigenvalue weighted by molar-refractivity contribution is 0.0660. The van der Waals surface area contributed by atoms with Crippen molar-refractivity contribution < 1.29 is 14.3 Å². The molecule has 5 heteroatoms. The van der Waals surface area contributed by atoms with Gasteiger partial charge in [0.2, 0.25) is 0 Å². The monoisotopic (exact) mass is 406 g/mol. The average Bonchev–Trinajstić information content (AvgIpc) is 3.56. The van der Waals surface area contributed by atoms with E-state index in [4.69, 9.17) is 4.74 Å². The molecule has 1 aliphatic heterocycles. The number of hydrogen-bond acceptors (Lipinski definition) is 3. The molecule has 2 amide bonds. The van der Waals surface area contributed by atoms with E-state index in [0.717, 1.165) is 61.2 Å². The molecule has 5 nitrogen and oxygen atoms in total. The zero-order valence-electron chi connectivity index (χ0n) is 17.8. The number of piperidine rings is 1. The van der Waals surface area contributed by atoms with E-state index in [1.165, 1.54) is 0 Å². The number of nitrogens with one attached hydrogen (secondary N) is 1. The molecule has 1 saturated heterocycles. The molecule has 0 bridgehead atoms. The fraction of sp³-hybridized carbons (Fsp3) is 0.440. The first-order chi connectivity index (χ1) is 14.5. The second-order valence-electron chi connectivity index (χ2n) is 8.70. The topological polar surface area (TPSA) is 58.6 Å². The Morgan fingerprint density at radius 2 is 1.57 bits per heavy atom. The third-order valence-corrected chi connectivity index (χ3v) is 5.89. The summed E-state index contributed by atoms with van der Waals surface area (Å²) in [5.74, 6) is 1.34. The number of carbonyl (C=O) groups is 2. The number of nitrogens with zero attached hydrogens (tertiary/aromatic N) is 1. The first-order valence-electron chi connectivity index (χ1n) is 10.9. The minimum Gasteiger partial charge on any atom is -0.493 e. The molecule has 2 aliphatic rings. The van der Waals surface area contributed by atoms with Gasteiger partial charge in [-0.05, 0) is 81.8 Å². The third-order valence-electron chi connectivity index (χ3n) is 5.89. The first kappa shape index (κ1) is 20.5. The van der Waals surface area contributed by atoms with Crippen LogP contribution in [0.1, 0.15) is 57.5 Å². The van der Waals surface area contributed by atoms with Gasteiger partial charge in [-0.2, -0.15) is 0 Å². The Balaban J connectivity index is 1.23. The van der Waals surface area contributed by atoms with Crippen LogP contribution in [0.2, 0.25) is 0 Å². The van der Waals surface area contributed by atoms with Gasteiger partial charge in [-0.15, -0.1) is 0 Å². The summed E-state index contributed by atoms with van der Waals surface area (Å²) in [6.07, 6.45) is 4.06. The van der Waals surface area contributed by atoms with E-state index >= 15 is 0 Å². The predicted octanol–water partition coefficient (Wildman–Crippen LogP) is 4.13. The Hall–Kier alpha value is -2.82. The highest BCUT2D eigenvalue weighted by Gasteiger charge is 2.25. The van der Waals surface area contributed by atoms with E-state index in [2.05, 4.69) is 11.4 Å². The molecule has 1 aliphatic carbocycles. The average molecular weight is 407 g/mol. The lowest BCUT2D eigenvalue weighted by Crippen LogP contribution is -2.39. The quantitative estimate of drug-likeness (QED) is 0.785. The Bertz CT molecular complexity index is 890. The summed E-state index contributed by atoms with van der Waals surface area (Å²) in [5.41, 5.74) is 3.70. The molecular formula is C25H30N2O3. The summed E-state index contributed by atoms with van der Waals surface area (Å²) in [6, 6.07) is 13.8. The van der Waals surface area contributed by atoms with Crippen LogP contribution in [0.15, 0.2) is 42.5 Å². The molecule has 0 aromatic heterocycles. The van der Waals surface area contributed by atoms with Crippen LogP contribution in [0.3, 0.4) is 0 Å². The Morgan fingerprint density at radius 3 is 2.17 bits per heavy atom. The van der Waals surface area contributed by atoms with Crippen LogP contribution in [0, 0.1) is 19.8 Å². The lowest BCUT2D eigenvalue weighted by Gasteiger charge is -2.32. The fourth-order valence-electron chi connectivity index (χ4n) is 4.00. The summed E-state index contributed by atoms with van der Waals surface area (Å²) in [5, 5.41) is 2.99. The molecule has 0 spiro atoms. The summed E-state index contributed by atoms with van der Waals surface area (Å²) in [7, 11) is 0. The zero-order chi connectivity index (χ0) is 21.1. The molecule has 0 radical (unpaired) electrons. The van der Waals surface area contributed by atoms with Crippen molar-refractivity contribution in [2.75, 3.05) is 19.7 Å². The van der Waals surface area contributed by atoms with E-state index in [1.54, 1.807) is 0 Å². The van der Waals surface area contributed by atoms with Gasteiger partial charge in [0.15, 0.2) is 0 Å². The van der Waals surface area contributed by atoms with Gasteiger partial charge in [0.25, 0.3) is 11.8 Å². The summed E-state index contributed by atoms with van der Waals surface area (Å²) < 4.78 is 5.95. The van der Waals surface area contributed by atoms with E-state index in [9.17, 15) is 9.59 Å². The van der Waals surface area contributed by atoms with Gasteiger partial charge in [0.1, 0.15) is 5.75 Å². The van der Waals surface area contributed by atoms with Crippen molar-refractivity contribution in [1.82, 2.24) is 10.2 Å². The van der Waals surface area contributed by atoms with E-state index in [1.807, 2.05) is 55.1 Å². The maximum atomic E-state index is 12.8. The van der Waals surface area contributed by atoms with Crippen molar-refractivity contribution >= 4 is 11.8 Å². The first-order valence-corrected chi connectivity index (χ1v) is 10.9. The molecule has 0 unspecified atom stereocenters. The molecule has 2 aromatic rings. The van der Waals surface area contributed by atoms with Crippen molar-refractivity contribution in [3.05, 3.63) is 64.7 Å². The number of carbonyl (C=O) groups excluding carboxylic acids is 2. The number of aryl methyl sites for hydroxylation is 2. The maximum Gasteiger partial charge on any atom is 0.253 e. The van der Waals surface area contributed by atoms with Crippen molar-refractivity contribution in [3.63, 3.8) is 0 Å². The highest BCUT2D eigenvalue weighted by atomic mass is 16.5. The molecule has 1 heterocycles. The van der Waals surface area contributed by atoms with Crippen LogP contribution in [0.5, 0.6) is 5.75 Å². The highest BCUT2D eigenvalue weighted by Crippen LogP contribution is 2.23. The largest absolute Gasteiger partial charge is 0.493 e. The summed E-state index contributed by atoms with van der Waals surface area (Å²) in [4.78, 5) is 26.8. The Kier molecular flexibility index (Phi) is 6.07. The molecule has 4 rings (SSSR count). The lowest BCUT2D eigenvalue weighted by atomic mass is 9.97. The van der Waals surface area contributed by atoms with Gasteiger partial charge >= 0.3 is 0 Å². The van der Waals surface area contributed by atoms with Gasteiger partial charge in [-0.3, -0.25) is 9.59 Å². The zero-order valence-corrected chi connectivity index (χ0v) is 17.8. The van der Waals surface area contributed by atoms with Crippen LogP contribution in [0.25, 0.3) is 0 Å². The Morgan fingerprint density at radius 1 is 0.933 bits per heavy atom. The number of hydrogen-bond donors (Lipinski definition) is 1.